The zero-order chi connectivity index (χ0) is 11.8. The standard InChI is InChI=1S/C14H20ClN/c1-10(2)12-6-5-11(15)9-13(12)14(16)7-3-4-8-14/h5-6,9-10H,3-4,7-8,16H2,1-2H3. The Morgan fingerprint density at radius 2 is 1.88 bits per heavy atom. The molecule has 1 aliphatic rings. The molecule has 1 saturated carbocycles. The highest BCUT2D eigenvalue weighted by molar-refractivity contribution is 6.30. The van der Waals surface area contributed by atoms with Gasteiger partial charge in [0.25, 0.3) is 0 Å². The summed E-state index contributed by atoms with van der Waals surface area (Å²) in [5, 5.41) is 0.802. The molecule has 0 unspecified atom stereocenters. The molecule has 1 fully saturated rings. The van der Waals surface area contributed by atoms with E-state index in [0.717, 1.165) is 17.9 Å². The van der Waals surface area contributed by atoms with Gasteiger partial charge in [0.1, 0.15) is 0 Å². The monoisotopic (exact) mass is 237 g/mol. The second-order valence-electron chi connectivity index (χ2n) is 5.25. The van der Waals surface area contributed by atoms with Crippen LogP contribution in [0.3, 0.4) is 0 Å². The molecule has 0 radical (unpaired) electrons. The van der Waals surface area contributed by atoms with Gasteiger partial charge >= 0.3 is 0 Å². The number of nitrogens with two attached hydrogens (primary N) is 1. The van der Waals surface area contributed by atoms with Crippen LogP contribution in [0.1, 0.15) is 56.6 Å². The van der Waals surface area contributed by atoms with E-state index in [2.05, 4.69) is 26.0 Å². The Kier molecular flexibility index (Phi) is 3.27. The Hall–Kier alpha value is -0.530. The lowest BCUT2D eigenvalue weighted by Crippen LogP contribution is -2.34. The number of halogens is 1. The Morgan fingerprint density at radius 1 is 1.25 bits per heavy atom. The summed E-state index contributed by atoms with van der Waals surface area (Å²) in [5.74, 6) is 0.508. The van der Waals surface area contributed by atoms with Crippen LogP contribution in [0.15, 0.2) is 18.2 Å². The van der Waals surface area contributed by atoms with E-state index in [1.165, 1.54) is 24.0 Å². The quantitative estimate of drug-likeness (QED) is 0.820. The molecular weight excluding hydrogens is 218 g/mol. The fourth-order valence-electron chi connectivity index (χ4n) is 2.74. The van der Waals surface area contributed by atoms with Crippen LogP contribution >= 0.6 is 11.6 Å². The normalized spacial score (nSPS) is 19.3. The van der Waals surface area contributed by atoms with Gasteiger partial charge in [0.15, 0.2) is 0 Å². The Balaban J connectivity index is 2.48. The molecule has 2 heteroatoms. The lowest BCUT2D eigenvalue weighted by Gasteiger charge is -2.28. The van der Waals surface area contributed by atoms with Gasteiger partial charge in [-0.3, -0.25) is 0 Å². The van der Waals surface area contributed by atoms with Gasteiger partial charge in [-0.05, 0) is 42.0 Å². The maximum Gasteiger partial charge on any atom is 0.0413 e. The van der Waals surface area contributed by atoms with Crippen LogP contribution in [0.4, 0.5) is 0 Å². The minimum atomic E-state index is -0.134. The average molecular weight is 238 g/mol. The van der Waals surface area contributed by atoms with Crippen LogP contribution in [0, 0.1) is 0 Å². The van der Waals surface area contributed by atoms with Crippen molar-refractivity contribution in [1.29, 1.82) is 0 Å². The van der Waals surface area contributed by atoms with Gasteiger partial charge in [0.2, 0.25) is 0 Å². The van der Waals surface area contributed by atoms with Crippen molar-refractivity contribution in [3.05, 3.63) is 34.3 Å². The lowest BCUT2D eigenvalue weighted by atomic mass is 9.82. The summed E-state index contributed by atoms with van der Waals surface area (Å²) >= 11 is 6.11. The molecular formula is C14H20ClN. The van der Waals surface area contributed by atoms with E-state index < -0.39 is 0 Å². The third-order valence-electron chi connectivity index (χ3n) is 3.67. The predicted octanol–water partition coefficient (Wildman–Crippen LogP) is 4.19. The van der Waals surface area contributed by atoms with Crippen molar-refractivity contribution in [2.24, 2.45) is 5.73 Å². The Labute approximate surface area is 103 Å². The van der Waals surface area contributed by atoms with Crippen LogP contribution in [0.5, 0.6) is 0 Å². The predicted molar refractivity (Wildman–Crippen MR) is 69.9 cm³/mol. The van der Waals surface area contributed by atoms with Gasteiger partial charge in [-0.25, -0.2) is 0 Å². The molecule has 2 rings (SSSR count). The minimum Gasteiger partial charge on any atom is -0.321 e. The van der Waals surface area contributed by atoms with E-state index in [-0.39, 0.29) is 5.54 Å². The molecule has 0 heterocycles. The fraction of sp³-hybridized carbons (Fsp3) is 0.571. The van der Waals surface area contributed by atoms with Crippen molar-refractivity contribution in [1.82, 2.24) is 0 Å². The highest BCUT2D eigenvalue weighted by Gasteiger charge is 2.33. The molecule has 0 atom stereocenters. The SMILES string of the molecule is CC(C)c1ccc(Cl)cc1C1(N)CCCC1. The molecule has 2 N–H and O–H groups in total. The summed E-state index contributed by atoms with van der Waals surface area (Å²) < 4.78 is 0. The first kappa shape index (κ1) is 11.9. The van der Waals surface area contributed by atoms with Crippen molar-refractivity contribution >= 4 is 11.6 Å². The van der Waals surface area contributed by atoms with Crippen LogP contribution in [0.25, 0.3) is 0 Å². The van der Waals surface area contributed by atoms with E-state index in [1.807, 2.05) is 6.07 Å². The molecule has 1 aromatic carbocycles. The van der Waals surface area contributed by atoms with Crippen molar-refractivity contribution in [3.63, 3.8) is 0 Å². The first-order valence-corrected chi connectivity index (χ1v) is 6.49. The molecule has 0 spiro atoms. The summed E-state index contributed by atoms with van der Waals surface area (Å²) in [4.78, 5) is 0. The van der Waals surface area contributed by atoms with Gasteiger partial charge in [0, 0.05) is 10.6 Å². The summed E-state index contributed by atoms with van der Waals surface area (Å²) in [5.41, 5.74) is 9.02. The molecule has 1 aliphatic carbocycles. The van der Waals surface area contributed by atoms with Crippen LogP contribution in [0.2, 0.25) is 5.02 Å². The molecule has 0 aliphatic heterocycles. The third-order valence-corrected chi connectivity index (χ3v) is 3.90. The first-order valence-electron chi connectivity index (χ1n) is 6.12. The zero-order valence-electron chi connectivity index (χ0n) is 10.1. The van der Waals surface area contributed by atoms with Crippen molar-refractivity contribution in [2.45, 2.75) is 51.0 Å². The smallest absolute Gasteiger partial charge is 0.0413 e. The summed E-state index contributed by atoms with van der Waals surface area (Å²) in [7, 11) is 0. The van der Waals surface area contributed by atoms with Crippen molar-refractivity contribution < 1.29 is 0 Å². The Morgan fingerprint density at radius 3 is 2.44 bits per heavy atom. The summed E-state index contributed by atoms with van der Waals surface area (Å²) in [6.45, 7) is 4.43. The van der Waals surface area contributed by atoms with E-state index in [1.54, 1.807) is 0 Å². The van der Waals surface area contributed by atoms with Crippen LogP contribution in [-0.4, -0.2) is 0 Å². The third kappa shape index (κ3) is 2.11. The fourth-order valence-corrected chi connectivity index (χ4v) is 2.91. The van der Waals surface area contributed by atoms with Crippen LogP contribution in [-0.2, 0) is 5.54 Å². The van der Waals surface area contributed by atoms with Gasteiger partial charge in [-0.15, -0.1) is 0 Å². The van der Waals surface area contributed by atoms with Crippen LogP contribution < -0.4 is 5.73 Å². The second kappa shape index (κ2) is 4.38. The molecule has 0 amide bonds. The van der Waals surface area contributed by atoms with Gasteiger partial charge in [-0.1, -0.05) is 44.4 Å². The van der Waals surface area contributed by atoms with E-state index in [9.17, 15) is 0 Å². The molecule has 1 aromatic rings. The highest BCUT2D eigenvalue weighted by Crippen LogP contribution is 2.40. The molecule has 88 valence electrons. The number of hydrogen-bond acceptors (Lipinski definition) is 1. The number of hydrogen-bond donors (Lipinski definition) is 1. The highest BCUT2D eigenvalue weighted by atomic mass is 35.5. The van der Waals surface area contributed by atoms with E-state index in [4.69, 9.17) is 17.3 Å². The maximum atomic E-state index is 6.53. The topological polar surface area (TPSA) is 26.0 Å². The van der Waals surface area contributed by atoms with E-state index >= 15 is 0 Å². The summed E-state index contributed by atoms with van der Waals surface area (Å²) in [6, 6.07) is 6.18. The number of benzene rings is 1. The summed E-state index contributed by atoms with van der Waals surface area (Å²) in [6.07, 6.45) is 4.65. The van der Waals surface area contributed by atoms with Crippen molar-refractivity contribution in [2.75, 3.05) is 0 Å². The molecule has 0 aromatic heterocycles. The Bertz CT molecular complexity index is 378. The van der Waals surface area contributed by atoms with Gasteiger partial charge < -0.3 is 5.73 Å². The number of rotatable bonds is 2. The maximum absolute atomic E-state index is 6.53. The second-order valence-corrected chi connectivity index (χ2v) is 5.69. The molecule has 1 nitrogen and oxygen atoms in total. The van der Waals surface area contributed by atoms with Gasteiger partial charge in [-0.2, -0.15) is 0 Å². The van der Waals surface area contributed by atoms with Gasteiger partial charge in [0.05, 0.1) is 0 Å². The zero-order valence-corrected chi connectivity index (χ0v) is 10.8. The molecule has 0 saturated heterocycles. The minimum absolute atomic E-state index is 0.134. The van der Waals surface area contributed by atoms with E-state index in [0.29, 0.717) is 5.92 Å². The lowest BCUT2D eigenvalue weighted by molar-refractivity contribution is 0.455. The molecule has 16 heavy (non-hydrogen) atoms. The van der Waals surface area contributed by atoms with Crippen molar-refractivity contribution in [3.8, 4) is 0 Å². The molecule has 0 bridgehead atoms. The largest absolute Gasteiger partial charge is 0.321 e. The average Bonchev–Trinajstić information content (AvgIpc) is 2.66. The first-order chi connectivity index (χ1) is 7.53.